The first kappa shape index (κ1) is 19.4. The van der Waals surface area contributed by atoms with Crippen LogP contribution in [-0.4, -0.2) is 40.9 Å². The number of piperidine rings is 1. The standard InChI is InChI=1S/C20H29N5O2/c1-13-14(2)25(16-5-3-4-6-16)20(17(13)11-21)23-18(26)12-24-9-7-15(8-10-24)19(22)27/h15-16H,3-10,12H2,1-2H3,(H2,22,27)(H,23,26). The molecule has 7 nitrogen and oxygen atoms in total. The number of carbonyl (C=O) groups excluding carboxylic acids is 2. The molecule has 146 valence electrons. The second kappa shape index (κ2) is 8.13. The summed E-state index contributed by atoms with van der Waals surface area (Å²) in [5.41, 5.74) is 7.95. The lowest BCUT2D eigenvalue weighted by atomic mass is 9.96. The predicted octanol–water partition coefficient (Wildman–Crippen LogP) is 2.23. The maximum absolute atomic E-state index is 12.7. The summed E-state index contributed by atoms with van der Waals surface area (Å²) in [6, 6.07) is 2.63. The largest absolute Gasteiger partial charge is 0.369 e. The van der Waals surface area contributed by atoms with Gasteiger partial charge in [-0.15, -0.1) is 0 Å². The molecule has 0 atom stereocenters. The highest BCUT2D eigenvalue weighted by atomic mass is 16.2. The van der Waals surface area contributed by atoms with Crippen molar-refractivity contribution in [2.24, 2.45) is 11.7 Å². The van der Waals surface area contributed by atoms with E-state index in [1.807, 2.05) is 18.7 Å². The summed E-state index contributed by atoms with van der Waals surface area (Å²) in [7, 11) is 0. The number of amides is 2. The van der Waals surface area contributed by atoms with Gasteiger partial charge in [-0.25, -0.2) is 0 Å². The van der Waals surface area contributed by atoms with E-state index in [4.69, 9.17) is 5.73 Å². The minimum atomic E-state index is -0.252. The molecule has 0 spiro atoms. The highest BCUT2D eigenvalue weighted by Gasteiger charge is 2.28. The summed E-state index contributed by atoms with van der Waals surface area (Å²) >= 11 is 0. The van der Waals surface area contributed by atoms with Crippen molar-refractivity contribution in [3.8, 4) is 6.07 Å². The summed E-state index contributed by atoms with van der Waals surface area (Å²) < 4.78 is 2.16. The molecule has 2 heterocycles. The summed E-state index contributed by atoms with van der Waals surface area (Å²) in [5, 5.41) is 12.6. The van der Waals surface area contributed by atoms with Gasteiger partial charge in [-0.1, -0.05) is 12.8 Å². The number of anilines is 1. The Labute approximate surface area is 160 Å². The Morgan fingerprint density at radius 1 is 1.19 bits per heavy atom. The molecule has 27 heavy (non-hydrogen) atoms. The minimum Gasteiger partial charge on any atom is -0.369 e. The predicted molar refractivity (Wildman–Crippen MR) is 103 cm³/mol. The third-order valence-corrected chi connectivity index (χ3v) is 6.17. The van der Waals surface area contributed by atoms with Crippen molar-refractivity contribution >= 4 is 17.6 Å². The molecule has 1 aliphatic carbocycles. The number of nitrogens with two attached hydrogens (primary N) is 1. The van der Waals surface area contributed by atoms with E-state index in [1.54, 1.807) is 0 Å². The van der Waals surface area contributed by atoms with Crippen molar-refractivity contribution < 1.29 is 9.59 Å². The molecular formula is C20H29N5O2. The fourth-order valence-electron chi connectivity index (χ4n) is 4.46. The van der Waals surface area contributed by atoms with Crippen LogP contribution in [0.2, 0.25) is 0 Å². The molecule has 1 aromatic rings. The van der Waals surface area contributed by atoms with Gasteiger partial charge in [-0.05, 0) is 58.2 Å². The first-order valence-electron chi connectivity index (χ1n) is 9.85. The number of nitrogens with one attached hydrogen (secondary N) is 1. The van der Waals surface area contributed by atoms with Crippen molar-refractivity contribution in [1.82, 2.24) is 9.47 Å². The monoisotopic (exact) mass is 371 g/mol. The van der Waals surface area contributed by atoms with E-state index in [2.05, 4.69) is 16.0 Å². The van der Waals surface area contributed by atoms with Crippen molar-refractivity contribution in [3.63, 3.8) is 0 Å². The Morgan fingerprint density at radius 3 is 2.37 bits per heavy atom. The molecule has 0 radical (unpaired) electrons. The van der Waals surface area contributed by atoms with Crippen molar-refractivity contribution in [1.29, 1.82) is 5.26 Å². The Balaban J connectivity index is 1.71. The Morgan fingerprint density at radius 2 is 1.81 bits per heavy atom. The maximum atomic E-state index is 12.7. The van der Waals surface area contributed by atoms with Gasteiger partial charge in [-0.3, -0.25) is 14.5 Å². The third-order valence-electron chi connectivity index (χ3n) is 6.17. The Kier molecular flexibility index (Phi) is 5.85. The van der Waals surface area contributed by atoms with Gasteiger partial charge in [0.15, 0.2) is 0 Å². The molecule has 2 amide bonds. The number of nitriles is 1. The van der Waals surface area contributed by atoms with E-state index in [0.717, 1.165) is 24.1 Å². The van der Waals surface area contributed by atoms with Crippen LogP contribution in [0.3, 0.4) is 0 Å². The fraction of sp³-hybridized carbons (Fsp3) is 0.650. The number of nitrogens with zero attached hydrogens (tertiary/aromatic N) is 3. The molecular weight excluding hydrogens is 342 g/mol. The summed E-state index contributed by atoms with van der Waals surface area (Å²) in [6.45, 7) is 5.62. The van der Waals surface area contributed by atoms with Crippen LogP contribution in [-0.2, 0) is 9.59 Å². The smallest absolute Gasteiger partial charge is 0.239 e. The van der Waals surface area contributed by atoms with Crippen LogP contribution in [0.25, 0.3) is 0 Å². The number of aromatic nitrogens is 1. The van der Waals surface area contributed by atoms with E-state index in [9.17, 15) is 14.9 Å². The first-order valence-corrected chi connectivity index (χ1v) is 9.85. The van der Waals surface area contributed by atoms with Gasteiger partial charge < -0.3 is 15.6 Å². The molecule has 7 heteroatoms. The van der Waals surface area contributed by atoms with Crippen molar-refractivity contribution in [2.75, 3.05) is 25.0 Å². The van der Waals surface area contributed by atoms with Crippen LogP contribution in [0.4, 0.5) is 5.82 Å². The number of hydrogen-bond acceptors (Lipinski definition) is 4. The van der Waals surface area contributed by atoms with Gasteiger partial charge in [-0.2, -0.15) is 5.26 Å². The molecule has 2 fully saturated rings. The van der Waals surface area contributed by atoms with Gasteiger partial charge in [0.1, 0.15) is 11.9 Å². The molecule has 3 rings (SSSR count). The molecule has 3 N–H and O–H groups in total. The minimum absolute atomic E-state index is 0.0839. The van der Waals surface area contributed by atoms with Crippen LogP contribution in [0, 0.1) is 31.1 Å². The van der Waals surface area contributed by atoms with Crippen LogP contribution in [0.15, 0.2) is 0 Å². The van der Waals surface area contributed by atoms with Gasteiger partial charge in [0.25, 0.3) is 0 Å². The topological polar surface area (TPSA) is 104 Å². The number of hydrogen-bond donors (Lipinski definition) is 2. The molecule has 0 aromatic carbocycles. The average Bonchev–Trinajstić information content (AvgIpc) is 3.23. The zero-order valence-corrected chi connectivity index (χ0v) is 16.3. The van der Waals surface area contributed by atoms with Crippen LogP contribution < -0.4 is 11.1 Å². The number of primary amides is 1. The quantitative estimate of drug-likeness (QED) is 0.828. The van der Waals surface area contributed by atoms with E-state index in [1.165, 1.54) is 12.8 Å². The molecule has 0 unspecified atom stereocenters. The average molecular weight is 371 g/mol. The van der Waals surface area contributed by atoms with Gasteiger partial charge in [0.05, 0.1) is 12.1 Å². The highest BCUT2D eigenvalue weighted by molar-refractivity contribution is 5.93. The van der Waals surface area contributed by atoms with Gasteiger partial charge >= 0.3 is 0 Å². The molecule has 1 saturated carbocycles. The van der Waals surface area contributed by atoms with Crippen LogP contribution >= 0.6 is 0 Å². The van der Waals surface area contributed by atoms with Crippen LogP contribution in [0.1, 0.15) is 61.4 Å². The van der Waals surface area contributed by atoms with E-state index < -0.39 is 0 Å². The lowest BCUT2D eigenvalue weighted by molar-refractivity contribution is -0.123. The van der Waals surface area contributed by atoms with Gasteiger partial charge in [0, 0.05) is 17.7 Å². The van der Waals surface area contributed by atoms with Crippen LogP contribution in [0.5, 0.6) is 0 Å². The summed E-state index contributed by atoms with van der Waals surface area (Å²) in [4.78, 5) is 26.0. The fourth-order valence-corrected chi connectivity index (χ4v) is 4.46. The molecule has 1 aliphatic heterocycles. The number of rotatable bonds is 5. The lowest BCUT2D eigenvalue weighted by Gasteiger charge is -2.30. The highest BCUT2D eigenvalue weighted by Crippen LogP contribution is 2.37. The number of carbonyl (C=O) groups is 2. The number of likely N-dealkylation sites (tertiary alicyclic amines) is 1. The second-order valence-corrected chi connectivity index (χ2v) is 7.86. The third kappa shape index (κ3) is 4.01. The lowest BCUT2D eigenvalue weighted by Crippen LogP contribution is -2.42. The Bertz CT molecular complexity index is 762. The Hall–Kier alpha value is -2.33. The molecule has 1 aromatic heterocycles. The molecule has 2 aliphatic rings. The summed E-state index contributed by atoms with van der Waals surface area (Å²) in [6.07, 6.45) is 5.94. The van der Waals surface area contributed by atoms with Gasteiger partial charge in [0.2, 0.25) is 11.8 Å². The maximum Gasteiger partial charge on any atom is 0.239 e. The van der Waals surface area contributed by atoms with E-state index >= 15 is 0 Å². The van der Waals surface area contributed by atoms with E-state index in [-0.39, 0.29) is 24.3 Å². The normalized spacial score (nSPS) is 19.1. The molecule has 0 bridgehead atoms. The zero-order chi connectivity index (χ0) is 19.6. The van der Waals surface area contributed by atoms with Crippen molar-refractivity contribution in [2.45, 2.75) is 58.4 Å². The van der Waals surface area contributed by atoms with Crippen molar-refractivity contribution in [3.05, 3.63) is 16.8 Å². The second-order valence-electron chi connectivity index (χ2n) is 7.86. The SMILES string of the molecule is Cc1c(C#N)c(NC(=O)CN2CCC(C(N)=O)CC2)n(C2CCCC2)c1C. The van der Waals surface area contributed by atoms with E-state index in [0.29, 0.717) is 43.4 Å². The zero-order valence-electron chi connectivity index (χ0n) is 16.3. The molecule has 1 saturated heterocycles. The first-order chi connectivity index (χ1) is 12.9. The summed E-state index contributed by atoms with van der Waals surface area (Å²) in [5.74, 6) is 0.203.